The van der Waals surface area contributed by atoms with Crippen LogP contribution in [-0.2, 0) is 9.53 Å². The maximum atomic E-state index is 11.9. The number of hydrogen-bond acceptors (Lipinski definition) is 3. The molecule has 3 rings (SSSR count). The lowest BCUT2D eigenvalue weighted by molar-refractivity contribution is -0.137. The molecule has 2 N–H and O–H groups in total. The highest BCUT2D eigenvalue weighted by Crippen LogP contribution is 2.60. The summed E-state index contributed by atoms with van der Waals surface area (Å²) < 4.78 is 6.00. The van der Waals surface area contributed by atoms with Gasteiger partial charge >= 0.3 is 0 Å². The average molecular weight is 280 g/mol. The van der Waals surface area contributed by atoms with Crippen LogP contribution in [0.3, 0.4) is 0 Å². The predicted molar refractivity (Wildman–Crippen MR) is 78.4 cm³/mol. The monoisotopic (exact) mass is 280 g/mol. The molecule has 3 fully saturated rings. The quantitative estimate of drug-likeness (QED) is 0.824. The van der Waals surface area contributed by atoms with Crippen LogP contribution in [-0.4, -0.2) is 38.3 Å². The summed E-state index contributed by atoms with van der Waals surface area (Å²) in [7, 11) is 1.72. The van der Waals surface area contributed by atoms with Crippen molar-refractivity contribution in [1.29, 1.82) is 0 Å². The van der Waals surface area contributed by atoms with Crippen molar-refractivity contribution >= 4 is 5.91 Å². The molecule has 20 heavy (non-hydrogen) atoms. The molecule has 0 unspecified atom stereocenters. The fraction of sp³-hybridized carbons (Fsp3) is 0.938. The summed E-state index contributed by atoms with van der Waals surface area (Å²) in [6.07, 6.45) is 6.95. The zero-order chi connectivity index (χ0) is 14.4. The first kappa shape index (κ1) is 14.3. The van der Waals surface area contributed by atoms with Gasteiger partial charge in [-0.15, -0.1) is 0 Å². The summed E-state index contributed by atoms with van der Waals surface area (Å²) in [5, 5.41) is 6.51. The number of amides is 1. The first-order chi connectivity index (χ1) is 9.51. The van der Waals surface area contributed by atoms with Gasteiger partial charge in [0, 0.05) is 37.6 Å². The van der Waals surface area contributed by atoms with Gasteiger partial charge in [0.1, 0.15) is 0 Å². The Labute approximate surface area is 122 Å². The minimum Gasteiger partial charge on any atom is -0.377 e. The van der Waals surface area contributed by atoms with E-state index in [4.69, 9.17) is 4.74 Å². The Hall–Kier alpha value is -0.610. The molecule has 1 aliphatic heterocycles. The number of nitrogens with one attached hydrogen (secondary N) is 2. The molecule has 1 amide bonds. The molecule has 0 bridgehead atoms. The Morgan fingerprint density at radius 1 is 1.35 bits per heavy atom. The molecule has 0 aromatic carbocycles. The van der Waals surface area contributed by atoms with Gasteiger partial charge < -0.3 is 15.4 Å². The van der Waals surface area contributed by atoms with E-state index < -0.39 is 0 Å². The van der Waals surface area contributed by atoms with Crippen LogP contribution in [0.4, 0.5) is 0 Å². The van der Waals surface area contributed by atoms with Gasteiger partial charge in [-0.3, -0.25) is 4.79 Å². The average Bonchev–Trinajstić information content (AvgIpc) is 3.04. The summed E-state index contributed by atoms with van der Waals surface area (Å²) in [6.45, 7) is 5.71. The highest BCUT2D eigenvalue weighted by atomic mass is 16.5. The van der Waals surface area contributed by atoms with Crippen molar-refractivity contribution in [3.8, 4) is 0 Å². The second-order valence-corrected chi connectivity index (χ2v) is 7.51. The molecule has 114 valence electrons. The number of carbonyl (C=O) groups excluding carboxylic acids is 1. The molecule has 0 aromatic rings. The first-order valence-electron chi connectivity index (χ1n) is 8.08. The predicted octanol–water partition coefficient (Wildman–Crippen LogP) is 1.70. The summed E-state index contributed by atoms with van der Waals surface area (Å²) in [5.74, 6) is 0.789. The molecular weight excluding hydrogens is 252 g/mol. The zero-order valence-corrected chi connectivity index (χ0v) is 13.0. The van der Waals surface area contributed by atoms with E-state index in [1.165, 1.54) is 32.1 Å². The van der Waals surface area contributed by atoms with Gasteiger partial charge in [0.25, 0.3) is 0 Å². The van der Waals surface area contributed by atoms with Crippen LogP contribution in [0.5, 0.6) is 0 Å². The molecule has 1 spiro atoms. The van der Waals surface area contributed by atoms with Gasteiger partial charge in [0.15, 0.2) is 0 Å². The van der Waals surface area contributed by atoms with Gasteiger partial charge in [-0.25, -0.2) is 0 Å². The third-order valence-electron chi connectivity index (χ3n) is 5.89. The Balaban J connectivity index is 1.66. The number of ether oxygens (including phenoxy) is 1. The van der Waals surface area contributed by atoms with Crippen LogP contribution in [0.25, 0.3) is 0 Å². The van der Waals surface area contributed by atoms with Crippen LogP contribution in [0.2, 0.25) is 0 Å². The van der Waals surface area contributed by atoms with E-state index in [0.29, 0.717) is 23.5 Å². The minimum absolute atomic E-state index is 0.115. The molecule has 3 aliphatic rings. The Kier molecular flexibility index (Phi) is 3.57. The van der Waals surface area contributed by atoms with Crippen LogP contribution in [0.15, 0.2) is 0 Å². The normalized spacial score (nSPS) is 34.9. The van der Waals surface area contributed by atoms with Crippen molar-refractivity contribution in [3.63, 3.8) is 0 Å². The van der Waals surface area contributed by atoms with E-state index in [9.17, 15) is 4.79 Å². The molecular formula is C16H28N2O2. The van der Waals surface area contributed by atoms with Crippen molar-refractivity contribution in [1.82, 2.24) is 10.6 Å². The maximum absolute atomic E-state index is 11.9. The van der Waals surface area contributed by atoms with Gasteiger partial charge in [-0.05, 0) is 33.1 Å². The third kappa shape index (κ3) is 2.00. The van der Waals surface area contributed by atoms with Crippen molar-refractivity contribution in [2.45, 2.75) is 58.1 Å². The maximum Gasteiger partial charge on any atom is 0.226 e. The SMILES string of the molecule is CNC(=O)C(C)(C)CN[C@@H]1[C@@H]2CCO[C@@H]2C12CCCC2. The number of carbonyl (C=O) groups is 1. The Bertz CT molecular complexity index is 388. The molecule has 3 atom stereocenters. The highest BCUT2D eigenvalue weighted by molar-refractivity contribution is 5.81. The van der Waals surface area contributed by atoms with E-state index in [1.807, 2.05) is 13.8 Å². The van der Waals surface area contributed by atoms with Crippen molar-refractivity contribution in [2.24, 2.45) is 16.7 Å². The summed E-state index contributed by atoms with van der Waals surface area (Å²) in [5.41, 5.74) is 0.0268. The second-order valence-electron chi connectivity index (χ2n) is 7.51. The lowest BCUT2D eigenvalue weighted by atomic mass is 9.54. The number of rotatable bonds is 4. The fourth-order valence-electron chi connectivity index (χ4n) is 4.79. The van der Waals surface area contributed by atoms with Gasteiger partial charge in [-0.1, -0.05) is 12.8 Å². The lowest BCUT2D eigenvalue weighted by Crippen LogP contribution is -2.68. The molecule has 0 radical (unpaired) electrons. The van der Waals surface area contributed by atoms with Crippen LogP contribution < -0.4 is 10.6 Å². The topological polar surface area (TPSA) is 50.4 Å². The smallest absolute Gasteiger partial charge is 0.226 e. The summed E-state index contributed by atoms with van der Waals surface area (Å²) in [6, 6.07) is 0.557. The van der Waals surface area contributed by atoms with Gasteiger partial charge in [0.05, 0.1) is 11.5 Å². The molecule has 4 heteroatoms. The molecule has 2 aliphatic carbocycles. The second kappa shape index (κ2) is 4.99. The first-order valence-corrected chi connectivity index (χ1v) is 8.08. The van der Waals surface area contributed by atoms with Crippen molar-refractivity contribution in [2.75, 3.05) is 20.2 Å². The summed E-state index contributed by atoms with van der Waals surface area (Å²) >= 11 is 0. The molecule has 2 saturated carbocycles. The standard InChI is InChI=1S/C16H28N2O2/c1-15(2,14(19)17-3)10-18-12-11-6-9-20-13(11)16(12)7-4-5-8-16/h11-13,18H,4-10H2,1-3H3,(H,17,19)/t11-,12+,13-/m0/s1. The van der Waals surface area contributed by atoms with Crippen molar-refractivity contribution in [3.05, 3.63) is 0 Å². The van der Waals surface area contributed by atoms with Crippen LogP contribution >= 0.6 is 0 Å². The fourth-order valence-corrected chi connectivity index (χ4v) is 4.79. The van der Waals surface area contributed by atoms with E-state index in [1.54, 1.807) is 7.05 Å². The van der Waals surface area contributed by atoms with Crippen molar-refractivity contribution < 1.29 is 9.53 Å². The van der Waals surface area contributed by atoms with Crippen LogP contribution in [0.1, 0.15) is 46.0 Å². The number of hydrogen-bond donors (Lipinski definition) is 2. The van der Waals surface area contributed by atoms with Crippen LogP contribution in [0, 0.1) is 16.7 Å². The molecule has 4 nitrogen and oxygen atoms in total. The lowest BCUT2D eigenvalue weighted by Gasteiger charge is -2.57. The third-order valence-corrected chi connectivity index (χ3v) is 5.89. The van der Waals surface area contributed by atoms with E-state index >= 15 is 0 Å². The van der Waals surface area contributed by atoms with E-state index in [2.05, 4.69) is 10.6 Å². The zero-order valence-electron chi connectivity index (χ0n) is 13.0. The Morgan fingerprint density at radius 3 is 2.70 bits per heavy atom. The molecule has 1 heterocycles. The molecule has 0 aromatic heterocycles. The largest absolute Gasteiger partial charge is 0.377 e. The van der Waals surface area contributed by atoms with E-state index in [-0.39, 0.29) is 11.3 Å². The summed E-state index contributed by atoms with van der Waals surface area (Å²) in [4.78, 5) is 11.9. The minimum atomic E-state index is -0.348. The Morgan fingerprint density at radius 2 is 2.05 bits per heavy atom. The highest BCUT2D eigenvalue weighted by Gasteiger charge is 2.64. The van der Waals surface area contributed by atoms with Gasteiger partial charge in [0.2, 0.25) is 5.91 Å². The molecule has 1 saturated heterocycles. The van der Waals surface area contributed by atoms with E-state index in [0.717, 1.165) is 13.2 Å². The van der Waals surface area contributed by atoms with Gasteiger partial charge in [-0.2, -0.15) is 0 Å². The number of fused-ring (bicyclic) bond motifs is 2.